The monoisotopic (exact) mass is 759 g/mol. The number of rotatable bonds is 6. The Labute approximate surface area is 294 Å². The number of nitrogens with two attached hydrogens (primary N) is 2. The van der Waals surface area contributed by atoms with Gasteiger partial charge in [-0.3, -0.25) is 9.18 Å². The standard InChI is InChI=1S/C11H11ClN2.C8H10N2.C5H5BrN2.C3H7BO2.C3H4Cl2O.CH3F/c12-5-10-7-14-6-9(8-1-2-8)3-4-11(14)13-10;9-8-4-3-7(5-10-8)6-1-2-6;6-4-1-2-5(7)8-3-4;5-4(6)3-1-2-3;4-1-3(6)2-5;1-2/h3-4,6-8H,1-2,5H2;3-6H,1-2H2,(H2,9,10);1-3H,(H2,7,8);3,5-6H,1-2H2;1-2H2;1H3/i;;;;;1D. The highest BCUT2D eigenvalue weighted by molar-refractivity contribution is 9.10. The molecule has 250 valence electrons. The van der Waals surface area contributed by atoms with Crippen molar-refractivity contribution >= 4 is 80.9 Å². The number of imidazole rings is 1. The van der Waals surface area contributed by atoms with Crippen LogP contribution in [0.15, 0.2) is 65.7 Å². The fourth-order valence-corrected chi connectivity index (χ4v) is 4.33. The number of Topliss-reactive ketones (excluding diaryl/α,β-unsaturated/α-hetero) is 1. The van der Waals surface area contributed by atoms with E-state index in [1.54, 1.807) is 12.3 Å². The molecule has 3 saturated carbocycles. The molecular formula is C31H40BBrCl3FN6O3. The Morgan fingerprint density at radius 2 is 1.48 bits per heavy atom. The van der Waals surface area contributed by atoms with Gasteiger partial charge >= 0.3 is 7.12 Å². The van der Waals surface area contributed by atoms with Crippen LogP contribution in [0.5, 0.6) is 0 Å². The third-order valence-electron chi connectivity index (χ3n) is 6.66. The second-order valence-electron chi connectivity index (χ2n) is 10.6. The van der Waals surface area contributed by atoms with Crippen molar-refractivity contribution in [2.45, 2.75) is 62.1 Å². The molecular weight excluding hydrogens is 720 g/mol. The zero-order valence-corrected chi connectivity index (χ0v) is 29.1. The molecule has 9 nitrogen and oxygen atoms in total. The topological polar surface area (TPSA) is 153 Å². The SMILES string of the molecule is ClCc1cn2cc(C3CC3)ccc2n1.Nc1ccc(Br)cn1.Nc1ccc(C2CC2)cn1.O=C(CCl)CCl.OB(O)C1CC1.[2H]CF. The highest BCUT2D eigenvalue weighted by Crippen LogP contribution is 2.40. The number of hydrogen-bond acceptors (Lipinski definition) is 8. The average Bonchev–Trinajstić information content (AvgIpc) is 3.92. The summed E-state index contributed by atoms with van der Waals surface area (Å²) in [6, 6.07) is 11.8. The summed E-state index contributed by atoms with van der Waals surface area (Å²) in [5, 5.41) is 16.5. The van der Waals surface area contributed by atoms with Gasteiger partial charge in [0.15, 0.2) is 5.78 Å². The molecule has 46 heavy (non-hydrogen) atoms. The van der Waals surface area contributed by atoms with Gasteiger partial charge in [0.2, 0.25) is 0 Å². The van der Waals surface area contributed by atoms with Gasteiger partial charge in [0.05, 0.1) is 31.9 Å². The number of nitrogen functional groups attached to an aromatic ring is 2. The molecule has 4 aromatic heterocycles. The number of alkyl halides is 4. The smallest absolute Gasteiger partial charge is 0.427 e. The van der Waals surface area contributed by atoms with Crippen LogP contribution in [-0.2, 0) is 10.7 Å². The van der Waals surface area contributed by atoms with Crippen molar-refractivity contribution in [3.8, 4) is 0 Å². The summed E-state index contributed by atoms with van der Waals surface area (Å²) in [6.45, 7) is 0. The van der Waals surface area contributed by atoms with Crippen LogP contribution in [0, 0.1) is 0 Å². The van der Waals surface area contributed by atoms with Crippen molar-refractivity contribution in [2.75, 3.05) is 30.4 Å². The molecule has 0 unspecified atom stereocenters. The molecule has 3 aliphatic rings. The van der Waals surface area contributed by atoms with Gasteiger partial charge in [0, 0.05) is 29.3 Å². The molecule has 4 heterocycles. The van der Waals surface area contributed by atoms with E-state index in [-0.39, 0.29) is 23.4 Å². The minimum atomic E-state index is -1.04. The van der Waals surface area contributed by atoms with E-state index in [0.717, 1.165) is 40.5 Å². The number of hydrogen-bond donors (Lipinski definition) is 4. The van der Waals surface area contributed by atoms with Crippen LogP contribution in [-0.4, -0.2) is 61.2 Å². The van der Waals surface area contributed by atoms with Crippen LogP contribution in [0.3, 0.4) is 0 Å². The van der Waals surface area contributed by atoms with E-state index < -0.39 is 14.3 Å². The number of fused-ring (bicyclic) bond motifs is 1. The summed E-state index contributed by atoms with van der Waals surface area (Å²) in [5.74, 6) is 3.38. The number of anilines is 2. The summed E-state index contributed by atoms with van der Waals surface area (Å²) < 4.78 is 18.5. The third kappa shape index (κ3) is 15.9. The Kier molecular flexibility index (Phi) is 17.7. The maximum absolute atomic E-state index is 9.96. The lowest BCUT2D eigenvalue weighted by atomic mass is 9.84. The first-order chi connectivity index (χ1) is 22.5. The minimum absolute atomic E-state index is 0.0312. The summed E-state index contributed by atoms with van der Waals surface area (Å²) in [5.41, 5.74) is 15.4. The minimum Gasteiger partial charge on any atom is -0.427 e. The summed E-state index contributed by atoms with van der Waals surface area (Å²) in [7, 11) is -2.04. The van der Waals surface area contributed by atoms with Gasteiger partial charge in [-0.2, -0.15) is 0 Å². The molecule has 3 fully saturated rings. The molecule has 7 rings (SSSR count). The first kappa shape index (κ1) is 38.0. The Hall–Kier alpha value is -2.48. The predicted octanol–water partition coefficient (Wildman–Crippen LogP) is 7.16. The molecule has 0 radical (unpaired) electrons. The van der Waals surface area contributed by atoms with Crippen molar-refractivity contribution in [1.29, 1.82) is 0 Å². The summed E-state index contributed by atoms with van der Waals surface area (Å²) in [6.07, 6.45) is 15.0. The molecule has 4 aromatic rings. The number of nitrogens with zero attached hydrogens (tertiary/aromatic N) is 4. The number of carbonyl (C=O) groups is 1. The van der Waals surface area contributed by atoms with Gasteiger partial charge in [-0.15, -0.1) is 34.8 Å². The van der Waals surface area contributed by atoms with Gasteiger partial charge in [-0.05, 0) is 94.7 Å². The van der Waals surface area contributed by atoms with Crippen molar-refractivity contribution < 1.29 is 20.6 Å². The zero-order chi connectivity index (χ0) is 34.8. The molecule has 6 N–H and O–H groups in total. The fourth-order valence-electron chi connectivity index (χ4n) is 3.68. The van der Waals surface area contributed by atoms with E-state index in [9.17, 15) is 9.18 Å². The van der Waals surface area contributed by atoms with Crippen LogP contribution in [0.1, 0.15) is 68.6 Å². The first-order valence-corrected chi connectivity index (χ1v) is 16.9. The number of pyridine rings is 3. The quantitative estimate of drug-likeness (QED) is 0.119. The van der Waals surface area contributed by atoms with Crippen LogP contribution in [0.4, 0.5) is 16.0 Å². The van der Waals surface area contributed by atoms with Gasteiger partial charge in [-0.25, -0.2) is 15.0 Å². The van der Waals surface area contributed by atoms with Crippen LogP contribution in [0.2, 0.25) is 5.82 Å². The number of ketones is 1. The average molecular weight is 762 g/mol. The number of carbonyl (C=O) groups excluding carboxylic acids is 1. The number of halogens is 5. The Balaban J connectivity index is 0.000000208. The molecule has 0 saturated heterocycles. The van der Waals surface area contributed by atoms with Gasteiger partial charge in [-0.1, -0.05) is 25.0 Å². The van der Waals surface area contributed by atoms with E-state index in [0.29, 0.717) is 17.5 Å². The normalized spacial score (nSPS) is 14.5. The molecule has 15 heteroatoms. The van der Waals surface area contributed by atoms with Gasteiger partial charge in [0.25, 0.3) is 0 Å². The van der Waals surface area contributed by atoms with E-state index >= 15 is 0 Å². The molecule has 0 amide bonds. The van der Waals surface area contributed by atoms with Crippen molar-refractivity contribution in [2.24, 2.45) is 0 Å². The molecule has 0 aliphatic heterocycles. The second-order valence-corrected chi connectivity index (χ2v) is 12.3. The van der Waals surface area contributed by atoms with Crippen LogP contribution in [0.25, 0.3) is 5.65 Å². The highest BCUT2D eigenvalue weighted by atomic mass is 79.9. The summed E-state index contributed by atoms with van der Waals surface area (Å²) in [4.78, 5) is 22.1. The van der Waals surface area contributed by atoms with Crippen molar-refractivity contribution in [3.05, 3.63) is 82.5 Å². The molecule has 0 spiro atoms. The lowest BCUT2D eigenvalue weighted by Gasteiger charge is -1.98. The Morgan fingerprint density at radius 1 is 0.935 bits per heavy atom. The van der Waals surface area contributed by atoms with Gasteiger partial charge in [0.1, 0.15) is 17.3 Å². The lowest BCUT2D eigenvalue weighted by molar-refractivity contribution is -0.114. The maximum Gasteiger partial charge on any atom is 0.454 e. The van der Waals surface area contributed by atoms with E-state index in [4.69, 9.17) is 57.7 Å². The number of aromatic nitrogens is 4. The lowest BCUT2D eigenvalue weighted by Crippen LogP contribution is -2.09. The molecule has 0 aromatic carbocycles. The Morgan fingerprint density at radius 3 is 1.85 bits per heavy atom. The van der Waals surface area contributed by atoms with Crippen LogP contribution < -0.4 is 11.5 Å². The van der Waals surface area contributed by atoms with E-state index in [2.05, 4.69) is 59.7 Å². The molecule has 0 bridgehead atoms. The van der Waals surface area contributed by atoms with Gasteiger partial charge < -0.3 is 25.9 Å². The van der Waals surface area contributed by atoms with E-state index in [1.165, 1.54) is 36.8 Å². The van der Waals surface area contributed by atoms with Crippen molar-refractivity contribution in [3.63, 3.8) is 0 Å². The van der Waals surface area contributed by atoms with Crippen LogP contribution >= 0.6 is 50.7 Å². The highest BCUT2D eigenvalue weighted by Gasteiger charge is 2.33. The second kappa shape index (κ2) is 21.4. The van der Waals surface area contributed by atoms with E-state index in [1.807, 2.05) is 24.5 Å². The molecule has 3 aliphatic carbocycles. The predicted molar refractivity (Wildman–Crippen MR) is 190 cm³/mol. The zero-order valence-electron chi connectivity index (χ0n) is 26.3. The molecule has 0 atom stereocenters. The Bertz CT molecular complexity index is 1440. The third-order valence-corrected chi connectivity index (χ3v) is 8.00. The largest absolute Gasteiger partial charge is 0.454 e. The van der Waals surface area contributed by atoms with Crippen molar-refractivity contribution in [1.82, 2.24) is 19.4 Å². The fraction of sp³-hybridized carbons (Fsp3) is 0.419. The maximum atomic E-state index is 9.96. The first-order valence-electron chi connectivity index (χ1n) is 15.2. The summed E-state index contributed by atoms with van der Waals surface area (Å²) >= 11 is 19.0.